The van der Waals surface area contributed by atoms with Crippen molar-refractivity contribution >= 4 is 11.8 Å². The molecule has 0 bridgehead atoms. The first-order valence-corrected chi connectivity index (χ1v) is 4.39. The van der Waals surface area contributed by atoms with E-state index in [-0.39, 0.29) is 0 Å². The van der Waals surface area contributed by atoms with Crippen LogP contribution in [0.15, 0.2) is 24.3 Å². The van der Waals surface area contributed by atoms with Crippen LogP contribution in [-0.4, -0.2) is 7.11 Å². The van der Waals surface area contributed by atoms with E-state index >= 15 is 0 Å². The number of benzene rings is 1. The van der Waals surface area contributed by atoms with E-state index in [9.17, 15) is 0 Å². The minimum Gasteiger partial charge on any atom is -0.495 e. The van der Waals surface area contributed by atoms with Crippen LogP contribution in [0.3, 0.4) is 0 Å². The molecule has 3 heteroatoms. The Morgan fingerprint density at radius 3 is 2.85 bits per heavy atom. The van der Waals surface area contributed by atoms with E-state index in [4.69, 9.17) is 10.00 Å². The smallest absolute Gasteiger partial charge is 0.147 e. The Hall–Kier alpha value is -1.58. The lowest BCUT2D eigenvalue weighted by Crippen LogP contribution is -1.85. The Labute approximate surface area is 81.5 Å². The molecule has 1 aromatic rings. The maximum atomic E-state index is 8.25. The van der Waals surface area contributed by atoms with Crippen molar-refractivity contribution in [2.75, 3.05) is 7.11 Å². The molecule has 1 rings (SSSR count). The number of nitriles is 1. The predicted molar refractivity (Wildman–Crippen MR) is 53.1 cm³/mol. The lowest BCUT2D eigenvalue weighted by atomic mass is 10.2. The van der Waals surface area contributed by atoms with Crippen LogP contribution >= 0.6 is 11.8 Å². The van der Waals surface area contributed by atoms with Gasteiger partial charge in [-0.2, -0.15) is 5.26 Å². The molecule has 0 N–H and O–H groups in total. The summed E-state index contributed by atoms with van der Waals surface area (Å²) in [5.74, 6) is 3.56. The Kier molecular flexibility index (Phi) is 3.75. The van der Waals surface area contributed by atoms with Crippen LogP contribution in [0.2, 0.25) is 0 Å². The van der Waals surface area contributed by atoms with Gasteiger partial charge in [0.2, 0.25) is 0 Å². The second kappa shape index (κ2) is 5.13. The third-order valence-electron chi connectivity index (χ3n) is 1.39. The largest absolute Gasteiger partial charge is 0.495 e. The Bertz CT molecular complexity index is 384. The van der Waals surface area contributed by atoms with Gasteiger partial charge in [-0.15, -0.1) is 0 Å². The van der Waals surface area contributed by atoms with Gasteiger partial charge in [0.1, 0.15) is 11.2 Å². The molecule has 0 aliphatic heterocycles. The molecular weight excluding hydrogens is 182 g/mol. The summed E-state index contributed by atoms with van der Waals surface area (Å²) in [6.45, 7) is 0. The van der Waals surface area contributed by atoms with E-state index in [1.54, 1.807) is 7.11 Å². The van der Waals surface area contributed by atoms with Crippen molar-refractivity contribution < 1.29 is 4.74 Å². The zero-order valence-corrected chi connectivity index (χ0v) is 7.89. The molecule has 0 saturated carbocycles. The number of nitrogens with zero attached hydrogens (tertiary/aromatic N) is 1. The molecule has 0 aliphatic rings. The van der Waals surface area contributed by atoms with Crippen LogP contribution in [0, 0.1) is 21.8 Å². The van der Waals surface area contributed by atoms with Gasteiger partial charge < -0.3 is 4.74 Å². The third-order valence-corrected chi connectivity index (χ3v) is 1.68. The molecule has 64 valence electrons. The summed E-state index contributed by atoms with van der Waals surface area (Å²) in [7, 11) is 1.60. The van der Waals surface area contributed by atoms with Crippen molar-refractivity contribution in [3.05, 3.63) is 29.8 Å². The highest BCUT2D eigenvalue weighted by atomic mass is 32.2. The summed E-state index contributed by atoms with van der Waals surface area (Å²) in [5.41, 5.74) is 0.799. The zero-order valence-electron chi connectivity index (χ0n) is 7.07. The van der Waals surface area contributed by atoms with Gasteiger partial charge in [0.25, 0.3) is 0 Å². The number of methoxy groups -OCH3 is 1. The fraction of sp³-hybridized carbons (Fsp3) is 0.100. The Morgan fingerprint density at radius 2 is 2.15 bits per heavy atom. The normalized spacial score (nSPS) is 8.00. The van der Waals surface area contributed by atoms with Crippen molar-refractivity contribution in [3.63, 3.8) is 0 Å². The highest BCUT2D eigenvalue weighted by Gasteiger charge is 1.95. The standard InChI is InChI=1S/C10H7NOS/c1-12-10-5-3-2-4-9(10)6-7-13-8-11/h2-5H,1H3. The predicted octanol–water partition coefficient (Wildman–Crippen LogP) is 2.22. The van der Waals surface area contributed by atoms with Crippen molar-refractivity contribution in [1.29, 1.82) is 5.26 Å². The highest BCUT2D eigenvalue weighted by molar-refractivity contribution is 8.08. The number of para-hydroxylation sites is 1. The summed E-state index contributed by atoms with van der Waals surface area (Å²) in [5, 5.41) is 12.8. The van der Waals surface area contributed by atoms with Crippen molar-refractivity contribution in [1.82, 2.24) is 0 Å². The number of thioether (sulfide) groups is 1. The van der Waals surface area contributed by atoms with Crippen LogP contribution in [0.25, 0.3) is 0 Å². The fourth-order valence-corrected chi connectivity index (χ4v) is 1.06. The van der Waals surface area contributed by atoms with Crippen LogP contribution < -0.4 is 4.74 Å². The summed E-state index contributed by atoms with van der Waals surface area (Å²) in [6, 6.07) is 7.44. The Balaban J connectivity index is 2.90. The van der Waals surface area contributed by atoms with Gasteiger partial charge in [0.15, 0.2) is 0 Å². The molecule has 2 nitrogen and oxygen atoms in total. The molecule has 0 aromatic heterocycles. The molecule has 0 atom stereocenters. The average Bonchev–Trinajstić information content (AvgIpc) is 2.19. The lowest BCUT2D eigenvalue weighted by molar-refractivity contribution is 0.413. The second-order valence-electron chi connectivity index (χ2n) is 2.12. The van der Waals surface area contributed by atoms with Crippen molar-refractivity contribution in [3.8, 4) is 22.3 Å². The summed E-state index contributed by atoms with van der Waals surface area (Å²) in [6.07, 6.45) is 0. The van der Waals surface area contributed by atoms with Crippen LogP contribution in [0.5, 0.6) is 5.75 Å². The van der Waals surface area contributed by atoms with E-state index < -0.39 is 0 Å². The molecule has 0 amide bonds. The first kappa shape index (κ1) is 9.51. The van der Waals surface area contributed by atoms with Crippen molar-refractivity contribution in [2.45, 2.75) is 0 Å². The lowest BCUT2D eigenvalue weighted by Gasteiger charge is -2.00. The number of thiocyanates is 1. The van der Waals surface area contributed by atoms with Crippen LogP contribution in [0.4, 0.5) is 0 Å². The maximum absolute atomic E-state index is 8.25. The fourth-order valence-electron chi connectivity index (χ4n) is 0.851. The Morgan fingerprint density at radius 1 is 1.38 bits per heavy atom. The second-order valence-corrected chi connectivity index (χ2v) is 2.71. The van der Waals surface area contributed by atoms with Gasteiger partial charge in [0, 0.05) is 11.8 Å². The third kappa shape index (κ3) is 2.74. The maximum Gasteiger partial charge on any atom is 0.147 e. The van der Waals surface area contributed by atoms with Gasteiger partial charge in [-0.1, -0.05) is 18.1 Å². The molecule has 0 fully saturated rings. The van der Waals surface area contributed by atoms with Gasteiger partial charge in [-0.25, -0.2) is 0 Å². The molecule has 0 spiro atoms. The molecule has 0 saturated heterocycles. The van der Waals surface area contributed by atoms with Gasteiger partial charge in [-0.05, 0) is 17.4 Å². The topological polar surface area (TPSA) is 33.0 Å². The van der Waals surface area contributed by atoms with E-state index in [1.165, 1.54) is 0 Å². The van der Waals surface area contributed by atoms with Crippen LogP contribution in [-0.2, 0) is 0 Å². The molecule has 13 heavy (non-hydrogen) atoms. The van der Waals surface area contributed by atoms with Gasteiger partial charge >= 0.3 is 0 Å². The minimum atomic E-state index is 0.730. The quantitative estimate of drug-likeness (QED) is 0.501. The molecule has 0 unspecified atom stereocenters. The van der Waals surface area contributed by atoms with E-state index in [0.29, 0.717) is 0 Å². The van der Waals surface area contributed by atoms with Gasteiger partial charge in [-0.3, -0.25) is 0 Å². The molecule has 0 aliphatic carbocycles. The summed E-state index contributed by atoms with van der Waals surface area (Å²) < 4.78 is 5.08. The number of hydrogen-bond acceptors (Lipinski definition) is 3. The van der Waals surface area contributed by atoms with E-state index in [1.807, 2.05) is 29.7 Å². The first-order chi connectivity index (χ1) is 6.38. The van der Waals surface area contributed by atoms with E-state index in [2.05, 4.69) is 11.2 Å². The van der Waals surface area contributed by atoms with Gasteiger partial charge in [0.05, 0.1) is 12.7 Å². The van der Waals surface area contributed by atoms with E-state index in [0.717, 1.165) is 23.1 Å². The number of hydrogen-bond donors (Lipinski definition) is 0. The monoisotopic (exact) mass is 189 g/mol. The molecule has 0 radical (unpaired) electrons. The minimum absolute atomic E-state index is 0.730. The highest BCUT2D eigenvalue weighted by Crippen LogP contribution is 2.15. The summed E-state index contributed by atoms with van der Waals surface area (Å²) >= 11 is 0.911. The molecular formula is C10H7NOS. The molecule has 0 heterocycles. The first-order valence-electron chi connectivity index (χ1n) is 3.57. The summed E-state index contributed by atoms with van der Waals surface area (Å²) in [4.78, 5) is 0. The molecule has 1 aromatic carbocycles. The van der Waals surface area contributed by atoms with Crippen LogP contribution in [0.1, 0.15) is 5.56 Å². The number of ether oxygens (including phenoxy) is 1. The SMILES string of the molecule is COc1ccccc1C#CSC#N. The average molecular weight is 189 g/mol. The van der Waals surface area contributed by atoms with Crippen molar-refractivity contribution in [2.24, 2.45) is 0 Å². The zero-order chi connectivity index (χ0) is 9.52. The number of rotatable bonds is 1.